The minimum atomic E-state index is 0. The molecular weight excluding hydrogens is 441 g/mol. The number of guanidine groups is 1. The molecule has 1 aromatic rings. The van der Waals surface area contributed by atoms with E-state index in [1.807, 2.05) is 7.05 Å². The lowest BCUT2D eigenvalue weighted by Crippen LogP contribution is -2.45. The fourth-order valence-corrected chi connectivity index (χ4v) is 4.56. The molecule has 1 unspecified atom stereocenters. The number of fused-ring (bicyclic) bond motifs is 1. The van der Waals surface area contributed by atoms with Crippen LogP contribution in [0.2, 0.25) is 0 Å². The summed E-state index contributed by atoms with van der Waals surface area (Å²) in [6, 6.07) is 1.32. The predicted molar refractivity (Wildman–Crippen MR) is 114 cm³/mol. The predicted octanol–water partition coefficient (Wildman–Crippen LogP) is 1.91. The number of likely N-dealkylation sites (tertiary alicyclic amines) is 1. The second kappa shape index (κ2) is 9.34. The summed E-state index contributed by atoms with van der Waals surface area (Å²) in [5, 5.41) is 15.7. The van der Waals surface area contributed by atoms with Gasteiger partial charge in [-0.3, -0.25) is 9.89 Å². The van der Waals surface area contributed by atoms with Gasteiger partial charge in [-0.1, -0.05) is 12.8 Å². The van der Waals surface area contributed by atoms with Crippen LogP contribution in [0.25, 0.3) is 0 Å². The Kier molecular flexibility index (Phi) is 7.13. The molecule has 2 aliphatic heterocycles. The number of aliphatic imine (C=N–C) groups is 1. The molecule has 0 aromatic carbocycles. The van der Waals surface area contributed by atoms with Crippen LogP contribution in [-0.4, -0.2) is 57.8 Å². The Morgan fingerprint density at radius 3 is 2.77 bits per heavy atom. The Balaban J connectivity index is 0.00000196. The van der Waals surface area contributed by atoms with E-state index < -0.39 is 0 Å². The number of nitrogens with zero attached hydrogens (tertiary/aromatic N) is 5. The molecule has 1 atom stereocenters. The Bertz CT molecular complexity index is 609. The average Bonchev–Trinajstić information content (AvgIpc) is 3.38. The third-order valence-corrected chi connectivity index (χ3v) is 5.98. The maximum absolute atomic E-state index is 4.40. The maximum atomic E-state index is 4.40. The SMILES string of the molecule is CN=C(NCc1nnc2n1CCCC2)NC1CCN(C2CCCC2)C1.I. The summed E-state index contributed by atoms with van der Waals surface area (Å²) in [4.78, 5) is 7.08. The van der Waals surface area contributed by atoms with E-state index >= 15 is 0 Å². The molecule has 0 radical (unpaired) electrons. The molecule has 3 heterocycles. The molecule has 0 spiro atoms. The summed E-state index contributed by atoms with van der Waals surface area (Å²) < 4.78 is 2.27. The van der Waals surface area contributed by atoms with Gasteiger partial charge >= 0.3 is 0 Å². The van der Waals surface area contributed by atoms with Crippen molar-refractivity contribution in [3.8, 4) is 0 Å². The zero-order chi connectivity index (χ0) is 17.1. The van der Waals surface area contributed by atoms with Crippen molar-refractivity contribution in [1.82, 2.24) is 30.3 Å². The molecule has 146 valence electrons. The van der Waals surface area contributed by atoms with E-state index in [9.17, 15) is 0 Å². The fourth-order valence-electron chi connectivity index (χ4n) is 4.56. The third-order valence-electron chi connectivity index (χ3n) is 5.98. The van der Waals surface area contributed by atoms with Crippen molar-refractivity contribution in [2.75, 3.05) is 20.1 Å². The van der Waals surface area contributed by atoms with Crippen LogP contribution >= 0.6 is 24.0 Å². The smallest absolute Gasteiger partial charge is 0.191 e. The summed E-state index contributed by atoms with van der Waals surface area (Å²) in [6.07, 6.45) is 10.3. The third kappa shape index (κ3) is 4.49. The van der Waals surface area contributed by atoms with Gasteiger partial charge in [-0.15, -0.1) is 34.2 Å². The van der Waals surface area contributed by atoms with Crippen LogP contribution in [0.5, 0.6) is 0 Å². The minimum Gasteiger partial charge on any atom is -0.352 e. The summed E-state index contributed by atoms with van der Waals surface area (Å²) >= 11 is 0. The highest BCUT2D eigenvalue weighted by atomic mass is 127. The van der Waals surface area contributed by atoms with Crippen molar-refractivity contribution in [2.24, 2.45) is 4.99 Å². The normalized spacial score (nSPS) is 24.3. The molecule has 0 amide bonds. The first-order valence-electron chi connectivity index (χ1n) is 9.95. The lowest BCUT2D eigenvalue weighted by Gasteiger charge is -2.24. The molecular formula is C18H32IN7. The summed E-state index contributed by atoms with van der Waals surface area (Å²) in [7, 11) is 1.85. The van der Waals surface area contributed by atoms with Gasteiger partial charge in [0.2, 0.25) is 0 Å². The highest BCUT2D eigenvalue weighted by molar-refractivity contribution is 14.0. The van der Waals surface area contributed by atoms with Gasteiger partial charge in [-0.05, 0) is 32.1 Å². The zero-order valence-electron chi connectivity index (χ0n) is 15.8. The van der Waals surface area contributed by atoms with Crippen molar-refractivity contribution >= 4 is 29.9 Å². The number of aromatic nitrogens is 3. The molecule has 2 N–H and O–H groups in total. The molecule has 0 bridgehead atoms. The monoisotopic (exact) mass is 473 g/mol. The van der Waals surface area contributed by atoms with Crippen LogP contribution in [0.1, 0.15) is 56.6 Å². The molecule has 1 aliphatic carbocycles. The molecule has 2 fully saturated rings. The van der Waals surface area contributed by atoms with Gasteiger partial charge in [0, 0.05) is 45.2 Å². The van der Waals surface area contributed by atoms with Gasteiger partial charge in [0.15, 0.2) is 11.8 Å². The van der Waals surface area contributed by atoms with E-state index in [0.717, 1.165) is 43.2 Å². The Hall–Kier alpha value is -0.900. The summed E-state index contributed by atoms with van der Waals surface area (Å²) in [5.74, 6) is 3.04. The largest absolute Gasteiger partial charge is 0.352 e. The fraction of sp³-hybridized carbons (Fsp3) is 0.833. The topological polar surface area (TPSA) is 70.4 Å². The average molecular weight is 473 g/mol. The first-order valence-corrected chi connectivity index (χ1v) is 9.95. The second-order valence-corrected chi connectivity index (χ2v) is 7.63. The van der Waals surface area contributed by atoms with Gasteiger partial charge in [0.05, 0.1) is 6.54 Å². The standard InChI is InChI=1S/C18H31N7.HI/c1-19-18(20-12-17-23-22-16-8-4-5-10-25(16)17)21-14-9-11-24(13-14)15-6-2-3-7-15;/h14-15H,2-13H2,1H3,(H2,19,20,21);1H. The Labute approximate surface area is 173 Å². The molecule has 26 heavy (non-hydrogen) atoms. The lowest BCUT2D eigenvalue weighted by molar-refractivity contribution is 0.242. The number of halogens is 1. The van der Waals surface area contributed by atoms with Crippen LogP contribution in [0, 0.1) is 0 Å². The molecule has 3 aliphatic rings. The van der Waals surface area contributed by atoms with Crippen molar-refractivity contribution in [2.45, 2.75) is 76.5 Å². The quantitative estimate of drug-likeness (QED) is 0.397. The highest BCUT2D eigenvalue weighted by Gasteiger charge is 2.30. The second-order valence-electron chi connectivity index (χ2n) is 7.63. The van der Waals surface area contributed by atoms with Crippen molar-refractivity contribution in [1.29, 1.82) is 0 Å². The van der Waals surface area contributed by atoms with Gasteiger partial charge in [0.25, 0.3) is 0 Å². The number of hydrogen-bond acceptors (Lipinski definition) is 4. The Morgan fingerprint density at radius 1 is 1.12 bits per heavy atom. The first-order chi connectivity index (χ1) is 12.3. The van der Waals surface area contributed by atoms with E-state index in [2.05, 4.69) is 35.3 Å². The summed E-state index contributed by atoms with van der Waals surface area (Å²) in [6.45, 7) is 4.10. The van der Waals surface area contributed by atoms with Gasteiger partial charge in [-0.25, -0.2) is 0 Å². The highest BCUT2D eigenvalue weighted by Crippen LogP contribution is 2.26. The maximum Gasteiger partial charge on any atom is 0.191 e. The number of hydrogen-bond donors (Lipinski definition) is 2. The zero-order valence-corrected chi connectivity index (χ0v) is 18.1. The molecule has 1 saturated heterocycles. The van der Waals surface area contributed by atoms with Crippen LogP contribution in [0.15, 0.2) is 4.99 Å². The van der Waals surface area contributed by atoms with Crippen molar-refractivity contribution in [3.63, 3.8) is 0 Å². The molecule has 4 rings (SSSR count). The number of aryl methyl sites for hydroxylation is 1. The van der Waals surface area contributed by atoms with Gasteiger partial charge in [-0.2, -0.15) is 0 Å². The van der Waals surface area contributed by atoms with Crippen molar-refractivity contribution in [3.05, 3.63) is 11.6 Å². The van der Waals surface area contributed by atoms with Crippen LogP contribution < -0.4 is 10.6 Å². The number of rotatable bonds is 4. The van der Waals surface area contributed by atoms with Crippen LogP contribution in [0.4, 0.5) is 0 Å². The molecule has 8 heteroatoms. The van der Waals surface area contributed by atoms with E-state index in [1.165, 1.54) is 51.5 Å². The van der Waals surface area contributed by atoms with E-state index in [0.29, 0.717) is 12.6 Å². The van der Waals surface area contributed by atoms with E-state index in [1.54, 1.807) is 0 Å². The molecule has 1 saturated carbocycles. The minimum absolute atomic E-state index is 0. The molecule has 7 nitrogen and oxygen atoms in total. The first kappa shape index (κ1) is 19.9. The van der Waals surface area contributed by atoms with Crippen LogP contribution in [-0.2, 0) is 19.5 Å². The number of nitrogens with one attached hydrogen (secondary N) is 2. The Morgan fingerprint density at radius 2 is 1.96 bits per heavy atom. The lowest BCUT2D eigenvalue weighted by atomic mass is 10.2. The van der Waals surface area contributed by atoms with E-state index in [-0.39, 0.29) is 24.0 Å². The van der Waals surface area contributed by atoms with Gasteiger partial charge in [0.1, 0.15) is 5.82 Å². The van der Waals surface area contributed by atoms with Crippen LogP contribution in [0.3, 0.4) is 0 Å². The van der Waals surface area contributed by atoms with Gasteiger partial charge < -0.3 is 15.2 Å². The molecule has 1 aromatic heterocycles. The van der Waals surface area contributed by atoms with Crippen molar-refractivity contribution < 1.29 is 0 Å². The summed E-state index contributed by atoms with van der Waals surface area (Å²) in [5.41, 5.74) is 0. The van der Waals surface area contributed by atoms with E-state index in [4.69, 9.17) is 0 Å².